The van der Waals surface area contributed by atoms with Crippen molar-refractivity contribution in [1.82, 2.24) is 10.8 Å². The molecule has 0 radical (unpaired) electrons. The zero-order valence-corrected chi connectivity index (χ0v) is 6.24. The number of hydrogen-bond acceptors (Lipinski definition) is 6. The highest BCUT2D eigenvalue weighted by molar-refractivity contribution is 5.92. The summed E-state index contributed by atoms with van der Waals surface area (Å²) in [6.45, 7) is -0.0129. The first-order valence-corrected chi connectivity index (χ1v) is 3.01. The summed E-state index contributed by atoms with van der Waals surface area (Å²) in [7, 11) is 0. The van der Waals surface area contributed by atoms with Gasteiger partial charge in [0.05, 0.1) is 6.54 Å². The highest BCUT2D eigenvalue weighted by atomic mass is 16.8. The molecule has 0 heterocycles. The fourth-order valence-electron chi connectivity index (χ4n) is 0.475. The highest BCUT2D eigenvalue weighted by Crippen LogP contribution is 1.83. The van der Waals surface area contributed by atoms with Gasteiger partial charge in [-0.05, 0) is 0 Å². The molecule has 1 amide bonds. The number of carbonyl (C=O) groups is 2. The van der Waals surface area contributed by atoms with E-state index < -0.39 is 5.91 Å². The highest BCUT2D eigenvalue weighted by Gasteiger charge is 2.06. The van der Waals surface area contributed by atoms with E-state index in [0.29, 0.717) is 6.29 Å². The van der Waals surface area contributed by atoms with Gasteiger partial charge in [-0.3, -0.25) is 4.79 Å². The molecule has 0 unspecified atom stereocenters. The summed E-state index contributed by atoms with van der Waals surface area (Å²) in [5.41, 5.74) is 6.87. The fraction of sp³-hybridized carbons (Fsp3) is 0.200. The monoisotopic (exact) mass is 174 g/mol. The van der Waals surface area contributed by atoms with Gasteiger partial charge in [-0.1, -0.05) is 0 Å². The van der Waals surface area contributed by atoms with E-state index in [4.69, 9.17) is 5.73 Å². The molecule has 0 aliphatic heterocycles. The van der Waals surface area contributed by atoms with E-state index in [9.17, 15) is 9.59 Å². The molecule has 0 bridgehead atoms. The molecular weight excluding hydrogens is 164 g/mol. The third kappa shape index (κ3) is 3.54. The standard InChI is InChI=1S/C5H10N4O3/c6-3-4(8-1-2-10)5(11)9-12-7/h2-3,8H,1,6-7H2,(H,9,11)/b4-3-. The Bertz CT molecular complexity index is 191. The van der Waals surface area contributed by atoms with Gasteiger partial charge in [0.1, 0.15) is 12.0 Å². The van der Waals surface area contributed by atoms with Crippen molar-refractivity contribution in [3.63, 3.8) is 0 Å². The normalized spacial score (nSPS) is 10.6. The number of nitrogens with two attached hydrogens (primary N) is 2. The number of aldehydes is 1. The Morgan fingerprint density at radius 3 is 2.67 bits per heavy atom. The van der Waals surface area contributed by atoms with Crippen LogP contribution in [-0.2, 0) is 14.5 Å². The van der Waals surface area contributed by atoms with Crippen molar-refractivity contribution in [2.24, 2.45) is 11.6 Å². The fourth-order valence-corrected chi connectivity index (χ4v) is 0.475. The number of carbonyl (C=O) groups excluding carboxylic acids is 2. The molecule has 0 atom stereocenters. The molecule has 6 N–H and O–H groups in total. The van der Waals surface area contributed by atoms with Crippen molar-refractivity contribution in [2.45, 2.75) is 0 Å². The average molecular weight is 174 g/mol. The van der Waals surface area contributed by atoms with Crippen molar-refractivity contribution in [1.29, 1.82) is 0 Å². The van der Waals surface area contributed by atoms with Crippen LogP contribution in [0.5, 0.6) is 0 Å². The average Bonchev–Trinajstić information content (AvgIpc) is 2.06. The van der Waals surface area contributed by atoms with E-state index in [-0.39, 0.29) is 12.2 Å². The molecule has 7 nitrogen and oxygen atoms in total. The minimum Gasteiger partial charge on any atom is -0.403 e. The van der Waals surface area contributed by atoms with Crippen LogP contribution in [0, 0.1) is 0 Å². The second-order valence-electron chi connectivity index (χ2n) is 1.68. The van der Waals surface area contributed by atoms with Gasteiger partial charge < -0.3 is 15.8 Å². The Labute approximate surface area is 68.6 Å². The Hall–Kier alpha value is -1.60. The lowest BCUT2D eigenvalue weighted by Gasteiger charge is -2.05. The van der Waals surface area contributed by atoms with Crippen LogP contribution in [-0.4, -0.2) is 18.7 Å². The number of hydroxylamine groups is 1. The van der Waals surface area contributed by atoms with E-state index in [2.05, 4.69) is 16.2 Å². The molecule has 0 aromatic heterocycles. The Morgan fingerprint density at radius 2 is 2.25 bits per heavy atom. The van der Waals surface area contributed by atoms with Gasteiger partial charge in [0.25, 0.3) is 5.91 Å². The topological polar surface area (TPSA) is 119 Å². The Balaban J connectivity index is 3.98. The molecule has 0 aliphatic rings. The molecular formula is C5H10N4O3. The molecule has 0 aliphatic carbocycles. The molecule has 12 heavy (non-hydrogen) atoms. The van der Waals surface area contributed by atoms with Gasteiger partial charge in [-0.15, -0.1) is 0 Å². The van der Waals surface area contributed by atoms with Gasteiger partial charge in [0, 0.05) is 6.20 Å². The molecule has 0 fully saturated rings. The van der Waals surface area contributed by atoms with Crippen LogP contribution in [0.15, 0.2) is 11.9 Å². The number of nitrogens with one attached hydrogen (secondary N) is 2. The third-order valence-corrected chi connectivity index (χ3v) is 0.939. The first kappa shape index (κ1) is 10.4. The summed E-state index contributed by atoms with van der Waals surface area (Å²) < 4.78 is 0. The van der Waals surface area contributed by atoms with Crippen LogP contribution in [0.3, 0.4) is 0 Å². The van der Waals surface area contributed by atoms with Crippen molar-refractivity contribution < 1.29 is 14.5 Å². The quantitative estimate of drug-likeness (QED) is 0.208. The van der Waals surface area contributed by atoms with Gasteiger partial charge in [0.2, 0.25) is 0 Å². The first-order valence-electron chi connectivity index (χ1n) is 3.01. The minimum atomic E-state index is -0.651. The van der Waals surface area contributed by atoms with Crippen LogP contribution in [0.4, 0.5) is 0 Å². The third-order valence-electron chi connectivity index (χ3n) is 0.939. The molecule has 0 aromatic carbocycles. The molecule has 0 aromatic rings. The van der Waals surface area contributed by atoms with Crippen LogP contribution >= 0.6 is 0 Å². The molecule has 0 saturated heterocycles. The van der Waals surface area contributed by atoms with Crippen LogP contribution in [0.25, 0.3) is 0 Å². The predicted molar refractivity (Wildman–Crippen MR) is 39.8 cm³/mol. The van der Waals surface area contributed by atoms with Crippen LogP contribution in [0.2, 0.25) is 0 Å². The SMILES string of the molecule is N/C=C(\NCC=O)C(=O)NON. The summed E-state index contributed by atoms with van der Waals surface area (Å²) in [6, 6.07) is 0. The van der Waals surface area contributed by atoms with Crippen LogP contribution < -0.4 is 22.4 Å². The zero-order valence-electron chi connectivity index (χ0n) is 6.24. The number of rotatable bonds is 5. The van der Waals surface area contributed by atoms with Crippen molar-refractivity contribution in [3.05, 3.63) is 11.9 Å². The summed E-state index contributed by atoms with van der Waals surface area (Å²) in [4.78, 5) is 24.6. The van der Waals surface area contributed by atoms with E-state index in [1.165, 1.54) is 0 Å². The second-order valence-corrected chi connectivity index (χ2v) is 1.68. The molecule has 0 rings (SSSR count). The van der Waals surface area contributed by atoms with E-state index >= 15 is 0 Å². The summed E-state index contributed by atoms with van der Waals surface area (Å²) in [6.07, 6.45) is 1.58. The molecule has 0 saturated carbocycles. The maximum Gasteiger partial charge on any atom is 0.293 e. The lowest BCUT2D eigenvalue weighted by molar-refractivity contribution is -0.130. The van der Waals surface area contributed by atoms with Gasteiger partial charge >= 0.3 is 0 Å². The molecule has 0 spiro atoms. The largest absolute Gasteiger partial charge is 0.403 e. The van der Waals surface area contributed by atoms with Crippen molar-refractivity contribution in [3.8, 4) is 0 Å². The second kappa shape index (κ2) is 6.13. The first-order chi connectivity index (χ1) is 5.76. The Kier molecular flexibility index (Phi) is 5.31. The Morgan fingerprint density at radius 1 is 1.58 bits per heavy atom. The van der Waals surface area contributed by atoms with E-state index in [1.54, 1.807) is 0 Å². The summed E-state index contributed by atoms with van der Waals surface area (Å²) in [5, 5.41) is 2.42. The van der Waals surface area contributed by atoms with Gasteiger partial charge in [-0.25, -0.2) is 5.48 Å². The molecule has 68 valence electrons. The number of amides is 1. The summed E-state index contributed by atoms with van der Waals surface area (Å²) >= 11 is 0. The molecule has 7 heteroatoms. The predicted octanol–water partition coefficient (Wildman–Crippen LogP) is -2.50. The van der Waals surface area contributed by atoms with Crippen LogP contribution in [0.1, 0.15) is 0 Å². The lowest BCUT2D eigenvalue weighted by Crippen LogP contribution is -2.34. The van der Waals surface area contributed by atoms with E-state index in [0.717, 1.165) is 6.20 Å². The van der Waals surface area contributed by atoms with Crippen molar-refractivity contribution in [2.75, 3.05) is 6.54 Å². The smallest absolute Gasteiger partial charge is 0.293 e. The minimum absolute atomic E-state index is 0.00699. The number of hydrogen-bond donors (Lipinski definition) is 4. The van der Waals surface area contributed by atoms with E-state index in [1.807, 2.05) is 5.48 Å². The zero-order chi connectivity index (χ0) is 9.40. The maximum atomic E-state index is 10.8. The van der Waals surface area contributed by atoms with Gasteiger partial charge in [-0.2, -0.15) is 10.8 Å². The summed E-state index contributed by atoms with van der Waals surface area (Å²) in [5.74, 6) is 3.90. The lowest BCUT2D eigenvalue weighted by atomic mass is 10.4. The maximum absolute atomic E-state index is 10.8. The van der Waals surface area contributed by atoms with Gasteiger partial charge in [0.15, 0.2) is 0 Å². The van der Waals surface area contributed by atoms with Crippen molar-refractivity contribution >= 4 is 12.2 Å².